The molecule has 0 spiro atoms. The van der Waals surface area contributed by atoms with Crippen LogP contribution in [0.15, 0.2) is 54.6 Å². The lowest BCUT2D eigenvalue weighted by Gasteiger charge is -2.16. The number of anilines is 2. The van der Waals surface area contributed by atoms with Gasteiger partial charge in [0.05, 0.1) is 0 Å². The minimum Gasteiger partial charge on any atom is -0.454 e. The van der Waals surface area contributed by atoms with Crippen LogP contribution in [0.25, 0.3) is 0 Å². The lowest BCUT2D eigenvalue weighted by molar-refractivity contribution is -0.149. The molecule has 2 aromatic carbocycles. The third kappa shape index (κ3) is 6.64. The summed E-state index contributed by atoms with van der Waals surface area (Å²) in [5.74, 6) is -1.22. The molecule has 148 valence electrons. The molecule has 28 heavy (non-hydrogen) atoms. The van der Waals surface area contributed by atoms with Gasteiger partial charge in [0, 0.05) is 31.9 Å². The second kappa shape index (κ2) is 9.96. The zero-order valence-corrected chi connectivity index (χ0v) is 15.8. The summed E-state index contributed by atoms with van der Waals surface area (Å²) in [7, 11) is 3.83. The molecule has 8 nitrogen and oxygen atoms in total. The molecule has 0 aliphatic carbocycles. The van der Waals surface area contributed by atoms with E-state index >= 15 is 0 Å². The average Bonchev–Trinajstić information content (AvgIpc) is 2.66. The highest BCUT2D eigenvalue weighted by Gasteiger charge is 2.22. The minimum absolute atomic E-state index is 0.205. The number of amides is 3. The third-order valence-electron chi connectivity index (χ3n) is 3.90. The maximum atomic E-state index is 12.3. The molecule has 0 aliphatic rings. The van der Waals surface area contributed by atoms with Crippen molar-refractivity contribution in [2.75, 3.05) is 30.9 Å². The normalized spacial score (nSPS) is 11.2. The van der Waals surface area contributed by atoms with E-state index < -0.39 is 30.6 Å². The van der Waals surface area contributed by atoms with Crippen LogP contribution in [-0.2, 0) is 20.7 Å². The second-order valence-electron chi connectivity index (χ2n) is 6.35. The van der Waals surface area contributed by atoms with Gasteiger partial charge in [0.2, 0.25) is 0 Å². The van der Waals surface area contributed by atoms with Crippen molar-refractivity contribution in [2.45, 2.75) is 12.5 Å². The second-order valence-corrected chi connectivity index (χ2v) is 6.35. The Balaban J connectivity index is 1.89. The molecule has 0 aliphatic heterocycles. The van der Waals surface area contributed by atoms with Gasteiger partial charge in [-0.1, -0.05) is 30.3 Å². The Morgan fingerprint density at radius 1 is 1.04 bits per heavy atom. The molecular weight excluding hydrogens is 360 g/mol. The van der Waals surface area contributed by atoms with Crippen LogP contribution in [0.1, 0.15) is 5.56 Å². The van der Waals surface area contributed by atoms with Crippen molar-refractivity contribution in [1.29, 1.82) is 0 Å². The summed E-state index contributed by atoms with van der Waals surface area (Å²) in [4.78, 5) is 37.4. The van der Waals surface area contributed by atoms with Crippen molar-refractivity contribution in [3.05, 3.63) is 60.2 Å². The van der Waals surface area contributed by atoms with Gasteiger partial charge in [-0.2, -0.15) is 0 Å². The van der Waals surface area contributed by atoms with E-state index in [0.717, 1.165) is 11.3 Å². The number of hydrogen-bond acceptors (Lipinski definition) is 5. The number of rotatable bonds is 8. The van der Waals surface area contributed by atoms with Crippen molar-refractivity contribution < 1.29 is 19.1 Å². The number of carbonyl (C=O) groups excluding carboxylic acids is 3. The third-order valence-corrected chi connectivity index (χ3v) is 3.90. The molecule has 0 saturated heterocycles. The Bertz CT molecular complexity index is 807. The van der Waals surface area contributed by atoms with Gasteiger partial charge in [-0.25, -0.2) is 9.59 Å². The van der Waals surface area contributed by atoms with E-state index in [2.05, 4.69) is 10.6 Å². The number of benzene rings is 2. The number of urea groups is 1. The van der Waals surface area contributed by atoms with E-state index in [4.69, 9.17) is 10.5 Å². The van der Waals surface area contributed by atoms with Crippen LogP contribution in [0.5, 0.6) is 0 Å². The van der Waals surface area contributed by atoms with E-state index in [1.807, 2.05) is 61.5 Å². The monoisotopic (exact) mass is 384 g/mol. The van der Waals surface area contributed by atoms with Crippen LogP contribution in [0.2, 0.25) is 0 Å². The summed E-state index contributed by atoms with van der Waals surface area (Å²) in [5.41, 5.74) is 7.54. The number of carbonyl (C=O) groups is 3. The fraction of sp³-hybridized carbons (Fsp3) is 0.250. The molecule has 8 heteroatoms. The number of nitrogens with one attached hydrogen (secondary N) is 2. The molecule has 4 N–H and O–H groups in total. The number of ether oxygens (including phenoxy) is 1. The largest absolute Gasteiger partial charge is 0.454 e. The molecule has 0 fully saturated rings. The van der Waals surface area contributed by atoms with Gasteiger partial charge in [-0.15, -0.1) is 0 Å². The Kier molecular flexibility index (Phi) is 7.38. The summed E-state index contributed by atoms with van der Waals surface area (Å²) in [6, 6.07) is 14.5. The van der Waals surface area contributed by atoms with Crippen LogP contribution in [-0.4, -0.2) is 44.7 Å². The van der Waals surface area contributed by atoms with Crippen LogP contribution in [0.4, 0.5) is 16.2 Å². The Morgan fingerprint density at radius 3 is 2.25 bits per heavy atom. The van der Waals surface area contributed by atoms with Crippen molar-refractivity contribution in [3.8, 4) is 0 Å². The van der Waals surface area contributed by atoms with Crippen LogP contribution >= 0.6 is 0 Å². The average molecular weight is 384 g/mol. The lowest BCUT2D eigenvalue weighted by Crippen LogP contribution is -2.46. The molecule has 0 bridgehead atoms. The van der Waals surface area contributed by atoms with Gasteiger partial charge < -0.3 is 26.0 Å². The van der Waals surface area contributed by atoms with Crippen molar-refractivity contribution >= 4 is 29.3 Å². The summed E-state index contributed by atoms with van der Waals surface area (Å²) < 4.78 is 5.04. The number of nitrogens with two attached hydrogens (primary N) is 1. The first-order valence-corrected chi connectivity index (χ1v) is 8.69. The van der Waals surface area contributed by atoms with E-state index in [9.17, 15) is 14.4 Å². The minimum atomic E-state index is -0.980. The predicted molar refractivity (Wildman–Crippen MR) is 107 cm³/mol. The standard InChI is InChI=1S/C20H24N4O4/c1-24(2)16-10-8-15(9-11-16)22-18(25)13-28-19(26)17(23-20(21)27)12-14-6-4-3-5-7-14/h3-11,17H,12-13H2,1-2H3,(H,22,25)(H3,21,23,27)/t17-/m0/s1. The number of hydrogen-bond donors (Lipinski definition) is 3. The quantitative estimate of drug-likeness (QED) is 0.597. The molecule has 0 radical (unpaired) electrons. The van der Waals surface area contributed by atoms with E-state index in [-0.39, 0.29) is 6.42 Å². The van der Waals surface area contributed by atoms with Gasteiger partial charge in [-0.05, 0) is 29.8 Å². The highest BCUT2D eigenvalue weighted by Crippen LogP contribution is 2.15. The van der Waals surface area contributed by atoms with Gasteiger partial charge in [0.25, 0.3) is 5.91 Å². The molecular formula is C20H24N4O4. The molecule has 0 heterocycles. The zero-order chi connectivity index (χ0) is 20.5. The number of esters is 1. The first-order valence-electron chi connectivity index (χ1n) is 8.69. The molecule has 0 aromatic heterocycles. The number of nitrogens with zero attached hydrogens (tertiary/aromatic N) is 1. The van der Waals surface area contributed by atoms with Gasteiger partial charge >= 0.3 is 12.0 Å². The molecule has 2 aromatic rings. The maximum Gasteiger partial charge on any atom is 0.329 e. The van der Waals surface area contributed by atoms with Crippen LogP contribution in [0.3, 0.4) is 0 Å². The van der Waals surface area contributed by atoms with Gasteiger partial charge in [0.15, 0.2) is 6.61 Å². The Morgan fingerprint density at radius 2 is 1.68 bits per heavy atom. The summed E-state index contributed by atoms with van der Waals surface area (Å²) in [5, 5.41) is 4.99. The van der Waals surface area contributed by atoms with Crippen LogP contribution in [0, 0.1) is 0 Å². The first kappa shape index (κ1) is 20.8. The number of primary amides is 1. The summed E-state index contributed by atoms with van der Waals surface area (Å²) in [6.45, 7) is -0.472. The van der Waals surface area contributed by atoms with Crippen molar-refractivity contribution in [3.63, 3.8) is 0 Å². The van der Waals surface area contributed by atoms with Crippen LogP contribution < -0.4 is 21.3 Å². The SMILES string of the molecule is CN(C)c1ccc(NC(=O)COC(=O)[C@H](Cc2ccccc2)NC(N)=O)cc1. The summed E-state index contributed by atoms with van der Waals surface area (Å²) >= 11 is 0. The van der Waals surface area contributed by atoms with Crippen molar-refractivity contribution in [2.24, 2.45) is 5.73 Å². The van der Waals surface area contributed by atoms with E-state index in [1.54, 1.807) is 12.1 Å². The molecule has 0 unspecified atom stereocenters. The first-order chi connectivity index (χ1) is 13.3. The van der Waals surface area contributed by atoms with Gasteiger partial charge in [-0.3, -0.25) is 4.79 Å². The van der Waals surface area contributed by atoms with Gasteiger partial charge in [0.1, 0.15) is 6.04 Å². The Hall–Kier alpha value is -3.55. The molecule has 2 rings (SSSR count). The Labute approximate surface area is 163 Å². The van der Waals surface area contributed by atoms with Crippen molar-refractivity contribution in [1.82, 2.24) is 5.32 Å². The highest BCUT2D eigenvalue weighted by molar-refractivity contribution is 5.93. The van der Waals surface area contributed by atoms with E-state index in [1.165, 1.54) is 0 Å². The fourth-order valence-electron chi connectivity index (χ4n) is 2.49. The fourth-order valence-corrected chi connectivity index (χ4v) is 2.49. The lowest BCUT2D eigenvalue weighted by atomic mass is 10.1. The molecule has 3 amide bonds. The van der Waals surface area contributed by atoms with E-state index in [0.29, 0.717) is 5.69 Å². The molecule has 0 saturated carbocycles. The predicted octanol–water partition coefficient (Wildman–Crippen LogP) is 1.51. The summed E-state index contributed by atoms with van der Waals surface area (Å²) in [6.07, 6.45) is 0.205. The smallest absolute Gasteiger partial charge is 0.329 e. The topological polar surface area (TPSA) is 114 Å². The maximum absolute atomic E-state index is 12.3. The zero-order valence-electron chi connectivity index (χ0n) is 15.8. The molecule has 1 atom stereocenters. The highest BCUT2D eigenvalue weighted by atomic mass is 16.5.